The van der Waals surface area contributed by atoms with Crippen molar-refractivity contribution in [3.8, 4) is 23.0 Å². The molecule has 0 fully saturated rings. The lowest BCUT2D eigenvalue weighted by atomic mass is 10.1. The van der Waals surface area contributed by atoms with Crippen LogP contribution in [0.2, 0.25) is 0 Å². The van der Waals surface area contributed by atoms with Gasteiger partial charge >= 0.3 is 0 Å². The Morgan fingerprint density at radius 2 is 1.04 bits per heavy atom. The lowest BCUT2D eigenvalue weighted by Crippen LogP contribution is -2.42. The molecular weight excluding hydrogens is 648 g/mol. The van der Waals surface area contributed by atoms with Gasteiger partial charge in [0.15, 0.2) is 35.2 Å². The van der Waals surface area contributed by atoms with E-state index < -0.39 is 46.2 Å². The second-order valence-electron chi connectivity index (χ2n) is 11.8. The molecule has 0 spiro atoms. The average molecular weight is 687 g/mol. The number of aromatic nitrogens is 4. The number of halogens is 4. The molecule has 15 heteroatoms. The van der Waals surface area contributed by atoms with Crippen molar-refractivity contribution in [2.24, 2.45) is 0 Å². The van der Waals surface area contributed by atoms with Crippen LogP contribution in [0.25, 0.3) is 0 Å². The van der Waals surface area contributed by atoms with Crippen molar-refractivity contribution in [3.05, 3.63) is 101 Å². The van der Waals surface area contributed by atoms with E-state index in [9.17, 15) is 32.4 Å². The van der Waals surface area contributed by atoms with Gasteiger partial charge in [0.2, 0.25) is 5.75 Å². The number of rotatable bonds is 10. The zero-order chi connectivity index (χ0) is 36.6. The Bertz CT molecular complexity index is 1740. The predicted octanol–water partition coefficient (Wildman–Crippen LogP) is 6.85. The fourth-order valence-electron chi connectivity index (χ4n) is 5.03. The van der Waals surface area contributed by atoms with E-state index in [1.165, 1.54) is 40.8 Å². The molecule has 0 saturated carbocycles. The van der Waals surface area contributed by atoms with Crippen LogP contribution in [-0.2, 0) is 0 Å². The van der Waals surface area contributed by atoms with E-state index >= 15 is 0 Å². The smallest absolute Gasteiger partial charge is 0.289 e. The maximum Gasteiger partial charge on any atom is 0.289 e. The van der Waals surface area contributed by atoms with Gasteiger partial charge in [0.05, 0.1) is 12.4 Å². The summed E-state index contributed by atoms with van der Waals surface area (Å²) in [5, 5.41) is 11.3. The fraction of sp³-hybridized carbons (Fsp3) is 0.353. The molecule has 2 amide bonds. The molecule has 2 aromatic carbocycles. The van der Waals surface area contributed by atoms with Crippen LogP contribution < -0.4 is 14.2 Å². The van der Waals surface area contributed by atoms with Crippen molar-refractivity contribution in [1.82, 2.24) is 24.8 Å². The first-order chi connectivity index (χ1) is 23.0. The van der Waals surface area contributed by atoms with Crippen LogP contribution in [-0.4, -0.2) is 60.7 Å². The minimum atomic E-state index is -1.30. The van der Waals surface area contributed by atoms with Crippen LogP contribution in [0.15, 0.2) is 61.7 Å². The molecule has 0 radical (unpaired) electrons. The van der Waals surface area contributed by atoms with Gasteiger partial charge in [0.25, 0.3) is 18.1 Å². The van der Waals surface area contributed by atoms with Gasteiger partial charge in [0.1, 0.15) is 35.2 Å². The molecule has 2 heterocycles. The Morgan fingerprint density at radius 3 is 1.43 bits per heavy atom. The van der Waals surface area contributed by atoms with Gasteiger partial charge < -0.3 is 24.5 Å². The number of ether oxygens (including phenoxy) is 2. The third-order valence-electron chi connectivity index (χ3n) is 6.86. The molecule has 0 bridgehead atoms. The highest BCUT2D eigenvalue weighted by Gasteiger charge is 2.31. The molecule has 0 saturated heterocycles. The van der Waals surface area contributed by atoms with Crippen LogP contribution >= 0.6 is 0 Å². The summed E-state index contributed by atoms with van der Waals surface area (Å²) in [7, 11) is 0. The summed E-state index contributed by atoms with van der Waals surface area (Å²) >= 11 is 0. The van der Waals surface area contributed by atoms with Crippen LogP contribution in [0.1, 0.15) is 76.1 Å². The summed E-state index contributed by atoms with van der Waals surface area (Å²) < 4.78 is 67.5. The molecule has 49 heavy (non-hydrogen) atoms. The molecule has 0 aliphatic rings. The van der Waals surface area contributed by atoms with Crippen LogP contribution in [0, 0.1) is 28.5 Å². The van der Waals surface area contributed by atoms with Crippen molar-refractivity contribution < 1.29 is 41.4 Å². The van der Waals surface area contributed by atoms with Gasteiger partial charge in [-0.1, -0.05) is 4.98 Å². The van der Waals surface area contributed by atoms with E-state index in [1.54, 1.807) is 55.4 Å². The zero-order valence-electron chi connectivity index (χ0n) is 28.3. The largest absolute Gasteiger partial charge is 0.711 e. The Kier molecular flexibility index (Phi) is 13.0. The van der Waals surface area contributed by atoms with E-state index in [0.29, 0.717) is 4.73 Å². The Labute approximate surface area is 281 Å². The lowest BCUT2D eigenvalue weighted by Gasteiger charge is -2.31. The number of hydrogen-bond acceptors (Lipinski definition) is 8. The van der Waals surface area contributed by atoms with Gasteiger partial charge in [0, 0.05) is 24.2 Å². The van der Waals surface area contributed by atoms with E-state index in [2.05, 4.69) is 15.0 Å². The number of nitrogens with zero attached hydrogens (tertiary/aromatic N) is 6. The molecule has 0 N–H and O–H groups in total. The molecule has 4 rings (SSSR count). The second-order valence-corrected chi connectivity index (χ2v) is 11.8. The van der Waals surface area contributed by atoms with E-state index in [0.717, 1.165) is 30.7 Å². The standard InChI is InChI=1S/C17H19F2N3O3.C17H19F2N3O2/c1-10(2)22(11(3)4)17(23)15-14(6-5-13(18)16(15)19)25-12-7-20-9-21(24)8-12;1-10(2)22(11(3)4)17(23)15-14(6-5-13(18)16(15)19)24-12-7-20-9-21-8-12/h5-11H,1-4H3;5-11H,1-4H3. The maximum atomic E-state index is 14.4. The fourth-order valence-corrected chi connectivity index (χ4v) is 5.03. The van der Waals surface area contributed by atoms with Crippen molar-refractivity contribution >= 4 is 11.8 Å². The van der Waals surface area contributed by atoms with Gasteiger partial charge in [-0.3, -0.25) is 9.59 Å². The lowest BCUT2D eigenvalue weighted by molar-refractivity contribution is -0.609. The maximum absolute atomic E-state index is 14.4. The summed E-state index contributed by atoms with van der Waals surface area (Å²) in [6.45, 7) is 14.3. The Balaban J connectivity index is 0.000000266. The number of hydrogen-bond donors (Lipinski definition) is 0. The first kappa shape index (κ1) is 38.1. The normalized spacial score (nSPS) is 11.0. The SMILES string of the molecule is CC(C)N(C(=O)c1c(Oc2cnc[n+]([O-])c2)ccc(F)c1F)C(C)C.CC(C)N(C(=O)c1c(Oc2cncnc2)ccc(F)c1F)C(C)C. The Morgan fingerprint density at radius 1 is 0.653 bits per heavy atom. The van der Waals surface area contributed by atoms with Crippen LogP contribution in [0.3, 0.4) is 0 Å². The summed E-state index contributed by atoms with van der Waals surface area (Å²) in [6, 6.07) is 3.30. The quantitative estimate of drug-likeness (QED) is 0.101. The number of benzene rings is 2. The highest BCUT2D eigenvalue weighted by atomic mass is 19.2. The number of carbonyl (C=O) groups is 2. The topological polar surface area (TPSA) is 125 Å². The average Bonchev–Trinajstić information content (AvgIpc) is 3.01. The summed E-state index contributed by atoms with van der Waals surface area (Å²) in [5.74, 6) is -6.19. The highest BCUT2D eigenvalue weighted by molar-refractivity contribution is 5.98. The van der Waals surface area contributed by atoms with Gasteiger partial charge in [-0.05, 0) is 79.7 Å². The van der Waals surface area contributed by atoms with E-state index in [1.807, 2.05) is 0 Å². The van der Waals surface area contributed by atoms with E-state index in [4.69, 9.17) is 9.47 Å². The first-order valence-electron chi connectivity index (χ1n) is 15.3. The molecule has 2 aromatic heterocycles. The van der Waals surface area contributed by atoms with Crippen molar-refractivity contribution in [2.75, 3.05) is 0 Å². The van der Waals surface area contributed by atoms with Crippen LogP contribution in [0.5, 0.6) is 23.0 Å². The summed E-state index contributed by atoms with van der Waals surface area (Å²) in [6.07, 6.45) is 7.33. The third-order valence-corrected chi connectivity index (χ3v) is 6.86. The molecule has 0 aliphatic carbocycles. The van der Waals surface area contributed by atoms with E-state index in [-0.39, 0.29) is 47.2 Å². The number of carbonyl (C=O) groups excluding carboxylic acids is 2. The van der Waals surface area contributed by atoms with Crippen molar-refractivity contribution in [1.29, 1.82) is 0 Å². The highest BCUT2D eigenvalue weighted by Crippen LogP contribution is 2.32. The molecular formula is C34H38F4N6O5. The summed E-state index contributed by atoms with van der Waals surface area (Å²) in [4.78, 5) is 39.8. The van der Waals surface area contributed by atoms with Crippen molar-refractivity contribution in [2.45, 2.75) is 79.6 Å². The van der Waals surface area contributed by atoms with Crippen molar-refractivity contribution in [3.63, 3.8) is 0 Å². The second kappa shape index (κ2) is 16.7. The molecule has 0 atom stereocenters. The summed E-state index contributed by atoms with van der Waals surface area (Å²) in [5.41, 5.74) is -0.968. The monoisotopic (exact) mass is 686 g/mol. The molecule has 11 nitrogen and oxygen atoms in total. The first-order valence-corrected chi connectivity index (χ1v) is 15.3. The number of amides is 2. The molecule has 262 valence electrons. The zero-order valence-corrected chi connectivity index (χ0v) is 28.3. The van der Waals surface area contributed by atoms with Gasteiger partial charge in [-0.2, -0.15) is 0 Å². The molecule has 0 aliphatic heterocycles. The molecule has 4 aromatic rings. The van der Waals surface area contributed by atoms with Gasteiger partial charge in [-0.25, -0.2) is 32.3 Å². The Hall–Kier alpha value is -5.34. The van der Waals surface area contributed by atoms with Gasteiger partial charge in [-0.15, -0.1) is 0 Å². The minimum absolute atomic E-state index is 0.00166. The molecule has 0 unspecified atom stereocenters. The third kappa shape index (κ3) is 9.39. The minimum Gasteiger partial charge on any atom is -0.711 e. The predicted molar refractivity (Wildman–Crippen MR) is 171 cm³/mol. The van der Waals surface area contributed by atoms with Crippen LogP contribution in [0.4, 0.5) is 17.6 Å².